The molecule has 2 aromatic rings. The average molecular weight is 256 g/mol. The maximum Gasteiger partial charge on any atom is 0.115 e. The summed E-state index contributed by atoms with van der Waals surface area (Å²) in [6, 6.07) is 3.98. The molecule has 3 heterocycles. The zero-order chi connectivity index (χ0) is 13.1. The van der Waals surface area contributed by atoms with Crippen LogP contribution in [0.25, 0.3) is 0 Å². The van der Waals surface area contributed by atoms with E-state index in [-0.39, 0.29) is 18.0 Å². The zero-order valence-corrected chi connectivity index (χ0v) is 10.5. The molecular formula is C13H16N6. The lowest BCUT2D eigenvalue weighted by atomic mass is 9.82. The molecule has 0 bridgehead atoms. The first-order chi connectivity index (χ1) is 9.36. The van der Waals surface area contributed by atoms with E-state index in [0.29, 0.717) is 0 Å². The van der Waals surface area contributed by atoms with Gasteiger partial charge in [0.1, 0.15) is 12.7 Å². The van der Waals surface area contributed by atoms with E-state index in [2.05, 4.69) is 25.3 Å². The lowest BCUT2D eigenvalue weighted by Crippen LogP contribution is -2.46. The second-order valence-electron chi connectivity index (χ2n) is 4.68. The Balaban J connectivity index is 1.97. The lowest BCUT2D eigenvalue weighted by molar-refractivity contribution is 0.307. The molecule has 0 amide bonds. The number of hydrogen-bond donors (Lipinski definition) is 2. The molecule has 3 rings (SSSR count). The Morgan fingerprint density at radius 2 is 1.74 bits per heavy atom. The van der Waals surface area contributed by atoms with Gasteiger partial charge in [-0.05, 0) is 25.1 Å². The predicted molar refractivity (Wildman–Crippen MR) is 70.1 cm³/mol. The minimum Gasteiger partial charge on any atom is -0.327 e. The molecule has 0 saturated carbocycles. The third-order valence-corrected chi connectivity index (χ3v) is 3.53. The van der Waals surface area contributed by atoms with Crippen molar-refractivity contribution >= 4 is 0 Å². The summed E-state index contributed by atoms with van der Waals surface area (Å²) in [5, 5.41) is 3.48. The van der Waals surface area contributed by atoms with E-state index in [1.165, 1.54) is 0 Å². The van der Waals surface area contributed by atoms with Gasteiger partial charge >= 0.3 is 0 Å². The van der Waals surface area contributed by atoms with Crippen molar-refractivity contribution in [2.24, 2.45) is 5.73 Å². The van der Waals surface area contributed by atoms with Crippen LogP contribution in [-0.4, -0.2) is 32.5 Å². The van der Waals surface area contributed by atoms with Crippen molar-refractivity contribution in [3.63, 3.8) is 0 Å². The van der Waals surface area contributed by atoms with E-state index >= 15 is 0 Å². The number of rotatable bonds is 2. The number of aromatic nitrogens is 4. The summed E-state index contributed by atoms with van der Waals surface area (Å²) in [4.78, 5) is 16.6. The molecule has 3 unspecified atom stereocenters. The number of nitrogens with zero attached hydrogens (tertiary/aromatic N) is 4. The van der Waals surface area contributed by atoms with Crippen LogP contribution in [0.15, 0.2) is 37.2 Å². The Labute approximate surface area is 111 Å². The van der Waals surface area contributed by atoms with Gasteiger partial charge in [0.05, 0.1) is 17.4 Å². The average Bonchev–Trinajstić information content (AvgIpc) is 2.49. The maximum absolute atomic E-state index is 6.29. The normalized spacial score (nSPS) is 27.1. The van der Waals surface area contributed by atoms with Gasteiger partial charge in [-0.3, -0.25) is 0 Å². The summed E-state index contributed by atoms with van der Waals surface area (Å²) in [5.74, 6) is 0.103. The molecule has 98 valence electrons. The molecule has 1 aliphatic rings. The molecule has 2 aromatic heterocycles. The zero-order valence-electron chi connectivity index (χ0n) is 10.5. The lowest BCUT2D eigenvalue weighted by Gasteiger charge is -2.36. The molecule has 0 aliphatic carbocycles. The molecule has 3 atom stereocenters. The van der Waals surface area contributed by atoms with Crippen molar-refractivity contribution in [2.75, 3.05) is 6.54 Å². The predicted octanol–water partition coefficient (Wildman–Crippen LogP) is 0.412. The third kappa shape index (κ3) is 2.45. The van der Waals surface area contributed by atoms with Gasteiger partial charge < -0.3 is 11.1 Å². The monoisotopic (exact) mass is 256 g/mol. The summed E-state index contributed by atoms with van der Waals surface area (Å²) in [6.45, 7) is 0.886. The third-order valence-electron chi connectivity index (χ3n) is 3.53. The van der Waals surface area contributed by atoms with E-state index in [1.807, 2.05) is 12.1 Å². The van der Waals surface area contributed by atoms with E-state index in [0.717, 1.165) is 24.4 Å². The number of nitrogens with two attached hydrogens (primary N) is 1. The molecule has 0 aromatic carbocycles. The Morgan fingerprint density at radius 3 is 2.37 bits per heavy atom. The van der Waals surface area contributed by atoms with Gasteiger partial charge in [-0.2, -0.15) is 0 Å². The van der Waals surface area contributed by atoms with Gasteiger partial charge in [-0.15, -0.1) is 0 Å². The molecule has 1 aliphatic heterocycles. The Kier molecular flexibility index (Phi) is 3.43. The molecule has 19 heavy (non-hydrogen) atoms. The first kappa shape index (κ1) is 12.1. The summed E-state index contributed by atoms with van der Waals surface area (Å²) in [7, 11) is 0. The summed E-state index contributed by atoms with van der Waals surface area (Å²) in [5.41, 5.74) is 8.20. The molecule has 6 nitrogen and oxygen atoms in total. The van der Waals surface area contributed by atoms with E-state index in [4.69, 9.17) is 5.73 Å². The van der Waals surface area contributed by atoms with Crippen LogP contribution in [0.4, 0.5) is 0 Å². The van der Waals surface area contributed by atoms with Crippen LogP contribution in [0.3, 0.4) is 0 Å². The van der Waals surface area contributed by atoms with Gasteiger partial charge in [0.25, 0.3) is 0 Å². The molecule has 0 spiro atoms. The Bertz CT molecular complexity index is 517. The molecule has 0 radical (unpaired) electrons. The van der Waals surface area contributed by atoms with Gasteiger partial charge in [0.15, 0.2) is 0 Å². The largest absolute Gasteiger partial charge is 0.327 e. The smallest absolute Gasteiger partial charge is 0.115 e. The minimum absolute atomic E-state index is 0.0658. The number of nitrogens with one attached hydrogen (secondary N) is 1. The standard InChI is InChI=1S/C13H16N6/c14-9-1-6-17-13(11-3-5-16-8-19-11)12(9)10-2-4-15-7-18-10/h2-5,7-9,12-13,17H,1,6,14H2. The van der Waals surface area contributed by atoms with Crippen molar-refractivity contribution in [1.29, 1.82) is 0 Å². The second-order valence-corrected chi connectivity index (χ2v) is 4.68. The topological polar surface area (TPSA) is 89.6 Å². The number of piperidine rings is 1. The van der Waals surface area contributed by atoms with E-state index in [9.17, 15) is 0 Å². The highest BCUT2D eigenvalue weighted by Gasteiger charge is 2.34. The fraction of sp³-hybridized carbons (Fsp3) is 0.385. The minimum atomic E-state index is 0.0658. The first-order valence-corrected chi connectivity index (χ1v) is 6.37. The SMILES string of the molecule is NC1CCNC(c2ccncn2)C1c1ccncn1. The van der Waals surface area contributed by atoms with Crippen molar-refractivity contribution < 1.29 is 0 Å². The molecule has 6 heteroatoms. The van der Waals surface area contributed by atoms with Crippen LogP contribution in [0.5, 0.6) is 0 Å². The van der Waals surface area contributed by atoms with Crippen LogP contribution >= 0.6 is 0 Å². The second kappa shape index (κ2) is 5.38. The highest BCUT2D eigenvalue weighted by atomic mass is 15.0. The Morgan fingerprint density at radius 1 is 1.05 bits per heavy atom. The van der Waals surface area contributed by atoms with Crippen molar-refractivity contribution in [2.45, 2.75) is 24.4 Å². The van der Waals surface area contributed by atoms with E-state index < -0.39 is 0 Å². The molecule has 1 fully saturated rings. The Hall–Kier alpha value is -1.92. The summed E-state index contributed by atoms with van der Waals surface area (Å²) >= 11 is 0. The van der Waals surface area contributed by atoms with Gasteiger partial charge in [-0.1, -0.05) is 0 Å². The fourth-order valence-corrected chi connectivity index (χ4v) is 2.62. The summed E-state index contributed by atoms with van der Waals surface area (Å²) < 4.78 is 0. The van der Waals surface area contributed by atoms with Crippen LogP contribution in [0.1, 0.15) is 29.8 Å². The first-order valence-electron chi connectivity index (χ1n) is 6.37. The quantitative estimate of drug-likeness (QED) is 0.809. The van der Waals surface area contributed by atoms with Gasteiger partial charge in [-0.25, -0.2) is 19.9 Å². The highest BCUT2D eigenvalue weighted by molar-refractivity contribution is 5.20. The van der Waals surface area contributed by atoms with E-state index in [1.54, 1.807) is 25.0 Å². The molecule has 1 saturated heterocycles. The molecule has 3 N–H and O–H groups in total. The van der Waals surface area contributed by atoms with Crippen LogP contribution in [-0.2, 0) is 0 Å². The van der Waals surface area contributed by atoms with Crippen molar-refractivity contribution in [1.82, 2.24) is 25.3 Å². The fourth-order valence-electron chi connectivity index (χ4n) is 2.62. The van der Waals surface area contributed by atoms with Crippen LogP contribution in [0.2, 0.25) is 0 Å². The van der Waals surface area contributed by atoms with Gasteiger partial charge in [0.2, 0.25) is 0 Å². The van der Waals surface area contributed by atoms with Crippen molar-refractivity contribution in [3.05, 3.63) is 48.6 Å². The van der Waals surface area contributed by atoms with Crippen molar-refractivity contribution in [3.8, 4) is 0 Å². The number of hydrogen-bond acceptors (Lipinski definition) is 6. The maximum atomic E-state index is 6.29. The summed E-state index contributed by atoms with van der Waals surface area (Å²) in [6.07, 6.45) is 7.56. The van der Waals surface area contributed by atoms with Crippen LogP contribution < -0.4 is 11.1 Å². The molecular weight excluding hydrogens is 240 g/mol. The van der Waals surface area contributed by atoms with Gasteiger partial charge in [0, 0.05) is 24.4 Å². The van der Waals surface area contributed by atoms with Crippen LogP contribution in [0, 0.1) is 0 Å². The highest BCUT2D eigenvalue weighted by Crippen LogP contribution is 2.34.